The zero-order chi connectivity index (χ0) is 22.8. The quantitative estimate of drug-likeness (QED) is 0.499. The molecule has 0 aromatic heterocycles. The van der Waals surface area contributed by atoms with Gasteiger partial charge in [-0.1, -0.05) is 23.9 Å². The number of aryl methyl sites for hydroxylation is 1. The number of amides is 2. The normalized spacial score (nSPS) is 19.3. The summed E-state index contributed by atoms with van der Waals surface area (Å²) >= 11 is 1.30. The van der Waals surface area contributed by atoms with Gasteiger partial charge in [-0.3, -0.25) is 24.6 Å². The van der Waals surface area contributed by atoms with Crippen LogP contribution in [0.3, 0.4) is 0 Å². The third-order valence-corrected chi connectivity index (χ3v) is 6.30. The number of nitrogens with one attached hydrogen (secondary N) is 1. The van der Waals surface area contributed by atoms with Gasteiger partial charge in [-0.2, -0.15) is 0 Å². The Kier molecular flexibility index (Phi) is 6.13. The number of nitrogens with zero attached hydrogens (tertiary/aromatic N) is 3. The Morgan fingerprint density at radius 3 is 2.75 bits per heavy atom. The fraction of sp³-hybridized carbons (Fsp3) is 0.318. The lowest BCUT2D eigenvalue weighted by Gasteiger charge is -2.15. The molecule has 0 spiro atoms. The van der Waals surface area contributed by atoms with E-state index in [0.717, 1.165) is 24.1 Å². The van der Waals surface area contributed by atoms with E-state index in [1.807, 2.05) is 31.2 Å². The fourth-order valence-electron chi connectivity index (χ4n) is 3.44. The maximum Gasteiger partial charge on any atom is 0.273 e. The monoisotopic (exact) mass is 454 g/mol. The highest BCUT2D eigenvalue weighted by molar-refractivity contribution is 8.15. The average molecular weight is 455 g/mol. The molecule has 9 nitrogen and oxygen atoms in total. The number of thioether (sulfide) groups is 1. The molecule has 1 N–H and O–H groups in total. The summed E-state index contributed by atoms with van der Waals surface area (Å²) in [6, 6.07) is 11.8. The molecule has 10 heteroatoms. The number of benzene rings is 2. The van der Waals surface area contributed by atoms with Crippen molar-refractivity contribution in [2.24, 2.45) is 4.99 Å². The predicted molar refractivity (Wildman–Crippen MR) is 122 cm³/mol. The Balaban J connectivity index is 1.49. The van der Waals surface area contributed by atoms with Crippen LogP contribution in [-0.4, -0.2) is 45.2 Å². The van der Waals surface area contributed by atoms with Gasteiger partial charge < -0.3 is 10.1 Å². The molecule has 4 rings (SSSR count). The molecular formula is C22H22N4O5S. The summed E-state index contributed by atoms with van der Waals surface area (Å²) in [5.41, 5.74) is 2.02. The van der Waals surface area contributed by atoms with E-state index in [1.165, 1.54) is 37.1 Å². The minimum absolute atomic E-state index is 0.0420. The smallest absolute Gasteiger partial charge is 0.273 e. The molecule has 2 aliphatic rings. The van der Waals surface area contributed by atoms with Gasteiger partial charge in [0.15, 0.2) is 5.17 Å². The van der Waals surface area contributed by atoms with E-state index in [1.54, 1.807) is 4.90 Å². The number of hydrogen-bond donors (Lipinski definition) is 1. The van der Waals surface area contributed by atoms with Gasteiger partial charge in [0.1, 0.15) is 11.0 Å². The molecule has 1 atom stereocenters. The van der Waals surface area contributed by atoms with Crippen molar-refractivity contribution in [2.75, 3.05) is 12.4 Å². The molecule has 1 heterocycles. The lowest BCUT2D eigenvalue weighted by molar-refractivity contribution is -0.384. The highest BCUT2D eigenvalue weighted by atomic mass is 32.2. The lowest BCUT2D eigenvalue weighted by Crippen LogP contribution is -2.35. The van der Waals surface area contributed by atoms with E-state index >= 15 is 0 Å². The van der Waals surface area contributed by atoms with Crippen molar-refractivity contribution in [3.63, 3.8) is 0 Å². The van der Waals surface area contributed by atoms with E-state index in [9.17, 15) is 19.7 Å². The topological polar surface area (TPSA) is 114 Å². The molecule has 1 saturated heterocycles. The number of hydrogen-bond acceptors (Lipinski definition) is 7. The molecule has 1 aliphatic carbocycles. The number of nitro benzene ring substituents is 1. The van der Waals surface area contributed by atoms with Gasteiger partial charge >= 0.3 is 0 Å². The zero-order valence-corrected chi connectivity index (χ0v) is 18.4. The molecule has 166 valence electrons. The van der Waals surface area contributed by atoms with Gasteiger partial charge in [0, 0.05) is 18.5 Å². The maximum atomic E-state index is 13.0. The van der Waals surface area contributed by atoms with Gasteiger partial charge in [-0.05, 0) is 43.5 Å². The second-order valence-electron chi connectivity index (χ2n) is 7.67. The van der Waals surface area contributed by atoms with Crippen molar-refractivity contribution in [3.8, 4) is 5.75 Å². The van der Waals surface area contributed by atoms with Gasteiger partial charge in [-0.15, -0.1) is 0 Å². The van der Waals surface area contributed by atoms with Crippen molar-refractivity contribution < 1.29 is 19.2 Å². The van der Waals surface area contributed by atoms with Gasteiger partial charge in [0.05, 0.1) is 29.5 Å². The van der Waals surface area contributed by atoms with E-state index in [4.69, 9.17) is 4.74 Å². The van der Waals surface area contributed by atoms with Crippen molar-refractivity contribution in [3.05, 3.63) is 58.1 Å². The number of ether oxygens (including phenoxy) is 1. The first-order valence-corrected chi connectivity index (χ1v) is 11.0. The number of carbonyl (C=O) groups excluding carboxylic acids is 2. The molecule has 2 fully saturated rings. The van der Waals surface area contributed by atoms with Gasteiger partial charge in [0.25, 0.3) is 5.69 Å². The summed E-state index contributed by atoms with van der Waals surface area (Å²) in [4.78, 5) is 42.5. The van der Waals surface area contributed by atoms with E-state index < -0.39 is 10.2 Å². The van der Waals surface area contributed by atoms with Crippen molar-refractivity contribution in [1.29, 1.82) is 0 Å². The number of anilines is 1. The number of rotatable bonds is 7. The fourth-order valence-corrected chi connectivity index (χ4v) is 4.65. The van der Waals surface area contributed by atoms with E-state index in [2.05, 4.69) is 10.3 Å². The van der Waals surface area contributed by atoms with Crippen LogP contribution in [0.5, 0.6) is 5.75 Å². The number of non-ortho nitro benzene ring substituents is 1. The van der Waals surface area contributed by atoms with E-state index in [0.29, 0.717) is 10.9 Å². The summed E-state index contributed by atoms with van der Waals surface area (Å²) in [6.07, 6.45) is 1.82. The Labute approximate surface area is 189 Å². The molecule has 1 saturated carbocycles. The maximum absolute atomic E-state index is 13.0. The predicted octanol–water partition coefficient (Wildman–Crippen LogP) is 4.03. The van der Waals surface area contributed by atoms with Crippen molar-refractivity contribution in [1.82, 2.24) is 4.90 Å². The SMILES string of the molecule is COc1cc([N+](=O)[O-])ccc1NC(=O)CC1SC(=Nc2cccc(C)c2)N(C2CC2)C1=O. The number of nitro groups is 1. The van der Waals surface area contributed by atoms with Crippen LogP contribution in [-0.2, 0) is 9.59 Å². The van der Waals surface area contributed by atoms with Crippen LogP contribution < -0.4 is 10.1 Å². The molecule has 2 aromatic carbocycles. The third kappa shape index (κ3) is 4.75. The summed E-state index contributed by atoms with van der Waals surface area (Å²) in [7, 11) is 1.37. The lowest BCUT2D eigenvalue weighted by atomic mass is 10.2. The minimum atomic E-state index is -0.580. The molecule has 2 amide bonds. The summed E-state index contributed by atoms with van der Waals surface area (Å²) < 4.78 is 5.16. The average Bonchev–Trinajstić information content (AvgIpc) is 3.53. The van der Waals surface area contributed by atoms with Crippen LogP contribution in [0.2, 0.25) is 0 Å². The first-order chi connectivity index (χ1) is 15.4. The summed E-state index contributed by atoms with van der Waals surface area (Å²) in [6.45, 7) is 1.98. The summed E-state index contributed by atoms with van der Waals surface area (Å²) in [5, 5.41) is 13.7. The van der Waals surface area contributed by atoms with Gasteiger partial charge in [-0.25, -0.2) is 4.99 Å². The first kappa shape index (κ1) is 21.8. The minimum Gasteiger partial charge on any atom is -0.494 e. The van der Waals surface area contributed by atoms with Crippen LogP contribution in [0.15, 0.2) is 47.5 Å². The molecule has 0 radical (unpaired) electrons. The van der Waals surface area contributed by atoms with Crippen molar-refractivity contribution >= 4 is 45.8 Å². The highest BCUT2D eigenvalue weighted by Gasteiger charge is 2.46. The summed E-state index contributed by atoms with van der Waals surface area (Å²) in [5.74, 6) is -0.315. The Bertz CT molecular complexity index is 1120. The standard InChI is InChI=1S/C22H22N4O5S/c1-13-4-3-5-14(10-13)23-22-25(15-6-7-15)21(28)19(32-22)12-20(27)24-17-9-8-16(26(29)30)11-18(17)31-2/h3-5,8-11,15,19H,6-7,12H2,1-2H3,(H,24,27). The number of carbonyl (C=O) groups is 2. The second kappa shape index (κ2) is 8.99. The van der Waals surface area contributed by atoms with Crippen LogP contribution in [0, 0.1) is 17.0 Å². The molecule has 1 aliphatic heterocycles. The van der Waals surface area contributed by atoms with Crippen LogP contribution in [0.1, 0.15) is 24.8 Å². The molecule has 2 aromatic rings. The Morgan fingerprint density at radius 1 is 1.31 bits per heavy atom. The van der Waals surface area contributed by atoms with Gasteiger partial charge in [0.2, 0.25) is 11.8 Å². The van der Waals surface area contributed by atoms with Crippen LogP contribution in [0.4, 0.5) is 17.1 Å². The largest absolute Gasteiger partial charge is 0.494 e. The molecule has 0 bridgehead atoms. The third-order valence-electron chi connectivity index (χ3n) is 5.15. The van der Waals surface area contributed by atoms with Crippen molar-refractivity contribution in [2.45, 2.75) is 37.5 Å². The number of amidine groups is 1. The second-order valence-corrected chi connectivity index (χ2v) is 8.84. The molecule has 1 unspecified atom stereocenters. The first-order valence-electron chi connectivity index (χ1n) is 10.1. The van der Waals surface area contributed by atoms with Crippen LogP contribution in [0.25, 0.3) is 0 Å². The Morgan fingerprint density at radius 2 is 2.09 bits per heavy atom. The molecular weight excluding hydrogens is 432 g/mol. The Hall–Kier alpha value is -3.40. The number of methoxy groups -OCH3 is 1. The molecule has 32 heavy (non-hydrogen) atoms. The zero-order valence-electron chi connectivity index (χ0n) is 17.6. The van der Waals surface area contributed by atoms with Crippen LogP contribution >= 0.6 is 11.8 Å². The van der Waals surface area contributed by atoms with E-state index in [-0.39, 0.29) is 35.7 Å². The number of aliphatic imine (C=N–C) groups is 1. The highest BCUT2D eigenvalue weighted by Crippen LogP contribution is 2.39.